The van der Waals surface area contributed by atoms with E-state index in [0.717, 1.165) is 18.7 Å². The van der Waals surface area contributed by atoms with E-state index in [4.69, 9.17) is 4.74 Å². The van der Waals surface area contributed by atoms with Crippen molar-refractivity contribution in [2.75, 3.05) is 68.4 Å². The molecule has 0 aliphatic heterocycles. The lowest BCUT2D eigenvalue weighted by molar-refractivity contribution is -0.137. The average Bonchev–Trinajstić information content (AvgIpc) is 3.05. The minimum atomic E-state index is -4.39. The molecule has 2 atom stereocenters. The predicted molar refractivity (Wildman–Crippen MR) is 196 cm³/mol. The molecule has 4 aromatic rings. The summed E-state index contributed by atoms with van der Waals surface area (Å²) < 4.78 is 72.6. The van der Waals surface area contributed by atoms with Crippen LogP contribution in [0.2, 0.25) is 0 Å². The summed E-state index contributed by atoms with van der Waals surface area (Å²) in [5.74, 6) is 0.434. The van der Waals surface area contributed by atoms with Crippen molar-refractivity contribution >= 4 is 65.6 Å². The van der Waals surface area contributed by atoms with E-state index >= 15 is 0 Å². The number of alkyl halides is 3. The van der Waals surface area contributed by atoms with Crippen molar-refractivity contribution in [2.45, 2.75) is 18.0 Å². The van der Waals surface area contributed by atoms with Crippen LogP contribution >= 0.6 is 9.24 Å². The molecule has 0 fully saturated rings. The third-order valence-electron chi connectivity index (χ3n) is 6.83. The maximum atomic E-state index is 14.4. The summed E-state index contributed by atoms with van der Waals surface area (Å²) in [7, 11) is 4.81. The Morgan fingerprint density at radius 1 is 1.10 bits per heavy atom. The largest absolute Gasteiger partial charge is 0.448 e. The molecule has 12 nitrogen and oxygen atoms in total. The Hall–Kier alpha value is -4.86. The molecule has 4 rings (SSSR count). The zero-order valence-electron chi connectivity index (χ0n) is 28.5. The Bertz CT molecular complexity index is 1960. The van der Waals surface area contributed by atoms with E-state index in [0.29, 0.717) is 51.5 Å². The zero-order valence-corrected chi connectivity index (χ0v) is 30.4. The molecule has 1 heterocycles. The van der Waals surface area contributed by atoms with Gasteiger partial charge < -0.3 is 30.9 Å². The zero-order chi connectivity index (χ0) is 37.8. The minimum Gasteiger partial charge on any atom is -0.448 e. The number of ether oxygens (including phenoxy) is 1. The van der Waals surface area contributed by atoms with Crippen molar-refractivity contribution < 1.29 is 36.1 Å². The summed E-state index contributed by atoms with van der Waals surface area (Å²) in [5, 5.41) is 11.9. The summed E-state index contributed by atoms with van der Waals surface area (Å²) in [5.41, 5.74) is 1.58. The first kappa shape index (κ1) is 40.6. The van der Waals surface area contributed by atoms with Crippen molar-refractivity contribution in [3.05, 3.63) is 78.2 Å². The number of likely N-dealkylation sites (N-methyl/N-ethyl adjacent to an activating group) is 1. The number of carbonyl (C=O) groups excluding carboxylic acids is 2. The smallest absolute Gasteiger partial charge is 0.442 e. The molecule has 0 aliphatic carbocycles. The number of nitrogens with zero attached hydrogens (tertiary/aromatic N) is 4. The predicted octanol–water partition coefficient (Wildman–Crippen LogP) is 6.43. The molecule has 0 aliphatic rings. The van der Waals surface area contributed by atoms with E-state index in [-0.39, 0.29) is 24.1 Å². The molecule has 18 heteroatoms. The second-order valence-electron chi connectivity index (χ2n) is 10.9. The van der Waals surface area contributed by atoms with Gasteiger partial charge in [0.2, 0.25) is 12.4 Å². The quantitative estimate of drug-likeness (QED) is 0.0725. The Morgan fingerprint density at radius 3 is 2.47 bits per heavy atom. The Labute approximate surface area is 296 Å². The number of rotatable bonds is 12. The van der Waals surface area contributed by atoms with Crippen molar-refractivity contribution in [2.24, 2.45) is 4.36 Å². The molecule has 0 spiro atoms. The Morgan fingerprint density at radius 2 is 1.84 bits per heavy atom. The third kappa shape index (κ3) is 12.2. The minimum absolute atomic E-state index is 0.139. The maximum Gasteiger partial charge on any atom is 0.442 e. The van der Waals surface area contributed by atoms with Gasteiger partial charge in [0.25, 0.3) is 0 Å². The van der Waals surface area contributed by atoms with Crippen molar-refractivity contribution in [3.8, 4) is 11.1 Å². The lowest BCUT2D eigenvalue weighted by atomic mass is 10.1. The number of nitrogens with one attached hydrogen (secondary N) is 4. The molecule has 3 aromatic carbocycles. The molecule has 0 saturated heterocycles. The summed E-state index contributed by atoms with van der Waals surface area (Å²) in [6.45, 7) is 3.16. The Balaban J connectivity index is 0.000000419. The molecule has 4 N–H and O–H groups in total. The van der Waals surface area contributed by atoms with Crippen LogP contribution < -0.4 is 26.6 Å². The van der Waals surface area contributed by atoms with Gasteiger partial charge in [0.1, 0.15) is 11.6 Å². The number of amides is 2. The van der Waals surface area contributed by atoms with Gasteiger partial charge >= 0.3 is 12.3 Å². The molecule has 274 valence electrons. The monoisotopic (exact) mass is 750 g/mol. The van der Waals surface area contributed by atoms with Gasteiger partial charge in [-0.25, -0.2) is 18.4 Å². The van der Waals surface area contributed by atoms with Crippen LogP contribution in [0.4, 0.5) is 51.2 Å². The highest BCUT2D eigenvalue weighted by Crippen LogP contribution is 2.31. The van der Waals surface area contributed by atoms with Crippen LogP contribution in [-0.2, 0) is 25.4 Å². The number of halogens is 4. The van der Waals surface area contributed by atoms with E-state index in [1.807, 2.05) is 19.0 Å². The molecular formula is C33H39F4N8O4PS. The van der Waals surface area contributed by atoms with Crippen molar-refractivity contribution in [1.82, 2.24) is 14.9 Å². The van der Waals surface area contributed by atoms with Gasteiger partial charge in [0, 0.05) is 54.4 Å². The number of aromatic nitrogens is 2. The maximum absolute atomic E-state index is 14.4. The molecule has 0 radical (unpaired) electrons. The normalized spacial score (nSPS) is 12.1. The lowest BCUT2D eigenvalue weighted by Gasteiger charge is -2.16. The van der Waals surface area contributed by atoms with Crippen LogP contribution in [0.15, 0.2) is 76.1 Å². The lowest BCUT2D eigenvalue weighted by Crippen LogP contribution is -2.21. The molecule has 1 aromatic heterocycles. The molecule has 51 heavy (non-hydrogen) atoms. The summed E-state index contributed by atoms with van der Waals surface area (Å²) in [6.07, 6.45) is -1.94. The van der Waals surface area contributed by atoms with Gasteiger partial charge in [-0.1, -0.05) is 18.2 Å². The highest BCUT2D eigenvalue weighted by molar-refractivity contribution is 7.93. The van der Waals surface area contributed by atoms with E-state index in [1.165, 1.54) is 18.4 Å². The van der Waals surface area contributed by atoms with Crippen LogP contribution in [0, 0.1) is 5.82 Å². The number of benzene rings is 3. The van der Waals surface area contributed by atoms with Crippen LogP contribution in [0.3, 0.4) is 0 Å². The number of anilines is 5. The van der Waals surface area contributed by atoms with Crippen molar-refractivity contribution in [3.63, 3.8) is 0 Å². The average molecular weight is 751 g/mol. The number of hydrogen-bond donors (Lipinski definition) is 4. The van der Waals surface area contributed by atoms with Crippen LogP contribution in [0.5, 0.6) is 0 Å². The SMILES string of the molecule is CCOC(=O)N=S(C)(=O)c1cccc(Nc2ncc(-c3ccc(NC)c(F)c3)c(NCCN(C)C)n2)c1.O=CNc1cc(C(F)(F)F)ccc1P. The standard InChI is InChI=1S/C25H32FN7O3S.C8H7F3NOP/c1-6-36-25(34)32-37(5,35)19-9-7-8-18(15-19)30-24-29-16-20(23(31-24)28-12-13-33(3)4)17-10-11-22(27-2)21(26)14-17;9-8(10,11)5-1-2-7(14)6(3-5)12-4-13/h7-11,14-16,27H,6,12-13H2,1-5H3,(H2,28,29,30,31);1-4H,14H2,(H,12,13). The van der Waals surface area contributed by atoms with Crippen LogP contribution in [-0.4, -0.2) is 78.7 Å². The molecular weight excluding hydrogens is 711 g/mol. The van der Waals surface area contributed by atoms with Gasteiger partial charge in [-0.2, -0.15) is 18.2 Å². The van der Waals surface area contributed by atoms with Crippen LogP contribution in [0.1, 0.15) is 12.5 Å². The fraction of sp³-hybridized carbons (Fsp3) is 0.273. The van der Waals surface area contributed by atoms with E-state index in [2.05, 4.69) is 44.8 Å². The highest BCUT2D eigenvalue weighted by Gasteiger charge is 2.30. The highest BCUT2D eigenvalue weighted by atomic mass is 32.2. The first-order valence-corrected chi connectivity index (χ1v) is 17.7. The topological polar surface area (TPSA) is 150 Å². The van der Waals surface area contributed by atoms with Crippen molar-refractivity contribution in [1.29, 1.82) is 0 Å². The van der Waals surface area contributed by atoms with E-state index in [1.54, 1.807) is 56.6 Å². The second kappa shape index (κ2) is 18.4. The summed E-state index contributed by atoms with van der Waals surface area (Å²) >= 11 is 0. The molecule has 0 saturated carbocycles. The summed E-state index contributed by atoms with van der Waals surface area (Å²) in [6, 6.07) is 14.7. The van der Waals surface area contributed by atoms with E-state index in [9.17, 15) is 31.4 Å². The van der Waals surface area contributed by atoms with Gasteiger partial charge in [0.05, 0.1) is 27.6 Å². The van der Waals surface area contributed by atoms with Crippen LogP contribution in [0.25, 0.3) is 11.1 Å². The van der Waals surface area contributed by atoms with E-state index < -0.39 is 27.6 Å². The summed E-state index contributed by atoms with van der Waals surface area (Å²) in [4.78, 5) is 33.2. The second-order valence-corrected chi connectivity index (χ2v) is 13.8. The number of hydrogen-bond acceptors (Lipinski definition) is 10. The van der Waals surface area contributed by atoms with Gasteiger partial charge in [0.15, 0.2) is 0 Å². The molecule has 0 bridgehead atoms. The van der Waals surface area contributed by atoms with Gasteiger partial charge in [-0.05, 0) is 74.4 Å². The Kier molecular flexibility index (Phi) is 14.6. The van der Waals surface area contributed by atoms with Gasteiger partial charge in [-0.15, -0.1) is 13.6 Å². The first-order valence-electron chi connectivity index (χ1n) is 15.2. The third-order valence-corrected chi connectivity index (χ3v) is 8.96. The van der Waals surface area contributed by atoms with Gasteiger partial charge in [-0.3, -0.25) is 4.79 Å². The first-order chi connectivity index (χ1) is 24.1. The fourth-order valence-electron chi connectivity index (χ4n) is 4.28. The molecule has 2 unspecified atom stereocenters. The fourth-order valence-corrected chi connectivity index (χ4v) is 5.66. The molecule has 2 amide bonds. The number of carbonyl (C=O) groups is 2.